The van der Waals surface area contributed by atoms with Crippen molar-refractivity contribution in [2.75, 3.05) is 13.7 Å². The Morgan fingerprint density at radius 1 is 1.28 bits per heavy atom. The number of ether oxygens (including phenoxy) is 1. The van der Waals surface area contributed by atoms with Crippen LogP contribution in [0.4, 0.5) is 0 Å². The first-order valence-corrected chi connectivity index (χ1v) is 7.27. The number of methoxy groups -OCH3 is 1. The van der Waals surface area contributed by atoms with Crippen molar-refractivity contribution in [3.05, 3.63) is 0 Å². The summed E-state index contributed by atoms with van der Waals surface area (Å²) < 4.78 is 5.28. The van der Waals surface area contributed by atoms with Gasteiger partial charge in [0.25, 0.3) is 0 Å². The summed E-state index contributed by atoms with van der Waals surface area (Å²) >= 11 is 0. The standard InChI is InChI=1S/C14H26N2O2/c1-10-6-4-3-5-7-12(10)16-14(17)13-8-11(18-2)9-15-13/h10-13,15H,3-9H2,1-2H3,(H,16,17). The van der Waals surface area contributed by atoms with Crippen LogP contribution in [0.2, 0.25) is 0 Å². The first-order valence-electron chi connectivity index (χ1n) is 7.27. The van der Waals surface area contributed by atoms with Crippen LogP contribution in [0.5, 0.6) is 0 Å². The molecule has 1 saturated heterocycles. The number of hydrogen-bond donors (Lipinski definition) is 2. The van der Waals surface area contributed by atoms with Crippen LogP contribution in [0.3, 0.4) is 0 Å². The second-order valence-electron chi connectivity index (χ2n) is 5.78. The molecular weight excluding hydrogens is 228 g/mol. The Morgan fingerprint density at radius 2 is 2.06 bits per heavy atom. The fraction of sp³-hybridized carbons (Fsp3) is 0.929. The molecule has 4 nitrogen and oxygen atoms in total. The van der Waals surface area contributed by atoms with E-state index < -0.39 is 0 Å². The van der Waals surface area contributed by atoms with Crippen LogP contribution in [0.15, 0.2) is 0 Å². The first kappa shape index (κ1) is 13.8. The molecule has 0 spiro atoms. The highest BCUT2D eigenvalue weighted by Gasteiger charge is 2.31. The molecule has 2 N–H and O–H groups in total. The van der Waals surface area contributed by atoms with E-state index in [9.17, 15) is 4.79 Å². The maximum Gasteiger partial charge on any atom is 0.237 e. The maximum absolute atomic E-state index is 12.2. The van der Waals surface area contributed by atoms with Gasteiger partial charge in [0.2, 0.25) is 5.91 Å². The van der Waals surface area contributed by atoms with Crippen molar-refractivity contribution in [3.8, 4) is 0 Å². The van der Waals surface area contributed by atoms with Crippen LogP contribution in [0.1, 0.15) is 45.4 Å². The third kappa shape index (κ3) is 3.45. The lowest BCUT2D eigenvalue weighted by Crippen LogP contribution is -2.47. The minimum atomic E-state index is -0.0644. The normalized spacial score (nSPS) is 37.2. The van der Waals surface area contributed by atoms with Crippen LogP contribution < -0.4 is 10.6 Å². The first-order chi connectivity index (χ1) is 8.70. The highest BCUT2D eigenvalue weighted by atomic mass is 16.5. The monoisotopic (exact) mass is 254 g/mol. The van der Waals surface area contributed by atoms with E-state index in [1.807, 2.05) is 0 Å². The van der Waals surface area contributed by atoms with Gasteiger partial charge in [0, 0.05) is 19.7 Å². The van der Waals surface area contributed by atoms with Gasteiger partial charge in [-0.3, -0.25) is 4.79 Å². The van der Waals surface area contributed by atoms with Crippen molar-refractivity contribution < 1.29 is 9.53 Å². The van der Waals surface area contributed by atoms with Gasteiger partial charge < -0.3 is 15.4 Å². The van der Waals surface area contributed by atoms with Crippen LogP contribution in [0.25, 0.3) is 0 Å². The SMILES string of the molecule is COC1CNC(C(=O)NC2CCCCCC2C)C1. The molecule has 2 rings (SSSR count). The van der Waals surface area contributed by atoms with E-state index in [0.717, 1.165) is 19.4 Å². The predicted molar refractivity (Wildman–Crippen MR) is 71.4 cm³/mol. The second kappa shape index (κ2) is 6.53. The van der Waals surface area contributed by atoms with Gasteiger partial charge in [0.05, 0.1) is 12.1 Å². The summed E-state index contributed by atoms with van der Waals surface area (Å²) in [6.07, 6.45) is 7.21. The van der Waals surface area contributed by atoms with Crippen molar-refractivity contribution in [1.82, 2.24) is 10.6 Å². The highest BCUT2D eigenvalue weighted by molar-refractivity contribution is 5.82. The van der Waals surface area contributed by atoms with Crippen molar-refractivity contribution in [1.29, 1.82) is 0 Å². The molecule has 4 atom stereocenters. The number of amides is 1. The molecule has 0 aromatic carbocycles. The van der Waals surface area contributed by atoms with Crippen molar-refractivity contribution >= 4 is 5.91 Å². The summed E-state index contributed by atoms with van der Waals surface area (Å²) in [6.45, 7) is 3.05. The maximum atomic E-state index is 12.2. The average molecular weight is 254 g/mol. The number of nitrogens with one attached hydrogen (secondary N) is 2. The molecule has 1 saturated carbocycles. The largest absolute Gasteiger partial charge is 0.380 e. The van der Waals surface area contributed by atoms with Gasteiger partial charge >= 0.3 is 0 Å². The van der Waals surface area contributed by atoms with E-state index in [4.69, 9.17) is 4.74 Å². The summed E-state index contributed by atoms with van der Waals surface area (Å²) in [6, 6.07) is 0.300. The Hall–Kier alpha value is -0.610. The van der Waals surface area contributed by atoms with Gasteiger partial charge in [0.1, 0.15) is 0 Å². The lowest BCUT2D eigenvalue weighted by atomic mass is 9.96. The highest BCUT2D eigenvalue weighted by Crippen LogP contribution is 2.23. The molecule has 0 bridgehead atoms. The van der Waals surface area contributed by atoms with Crippen molar-refractivity contribution in [2.24, 2.45) is 5.92 Å². The number of rotatable bonds is 3. The Balaban J connectivity index is 1.82. The minimum Gasteiger partial charge on any atom is -0.380 e. The predicted octanol–water partition coefficient (Wildman–Crippen LogP) is 1.45. The van der Waals surface area contributed by atoms with E-state index in [2.05, 4.69) is 17.6 Å². The molecule has 4 heteroatoms. The van der Waals surface area contributed by atoms with E-state index in [1.165, 1.54) is 25.7 Å². The summed E-state index contributed by atoms with van der Waals surface area (Å²) in [4.78, 5) is 12.2. The summed E-state index contributed by atoms with van der Waals surface area (Å²) in [5.74, 6) is 0.768. The smallest absolute Gasteiger partial charge is 0.237 e. The molecule has 2 fully saturated rings. The van der Waals surface area contributed by atoms with Gasteiger partial charge in [-0.15, -0.1) is 0 Å². The number of carbonyl (C=O) groups excluding carboxylic acids is 1. The summed E-state index contributed by atoms with van der Waals surface area (Å²) in [5.41, 5.74) is 0. The Bertz CT molecular complexity index is 283. The van der Waals surface area contributed by atoms with Crippen LogP contribution in [-0.2, 0) is 9.53 Å². The topological polar surface area (TPSA) is 50.4 Å². The quantitative estimate of drug-likeness (QED) is 0.750. The molecule has 0 aromatic rings. The zero-order valence-electron chi connectivity index (χ0n) is 11.6. The van der Waals surface area contributed by atoms with Gasteiger partial charge in [0.15, 0.2) is 0 Å². The molecule has 0 aromatic heterocycles. The molecule has 1 aliphatic carbocycles. The fourth-order valence-electron chi connectivity index (χ4n) is 3.07. The Morgan fingerprint density at radius 3 is 2.78 bits per heavy atom. The van der Waals surface area contributed by atoms with Gasteiger partial charge in [-0.2, -0.15) is 0 Å². The molecular formula is C14H26N2O2. The Labute approximate surface area is 110 Å². The van der Waals surface area contributed by atoms with Crippen LogP contribution >= 0.6 is 0 Å². The molecule has 1 heterocycles. The second-order valence-corrected chi connectivity index (χ2v) is 5.78. The molecule has 0 radical (unpaired) electrons. The average Bonchev–Trinajstić information content (AvgIpc) is 2.77. The lowest BCUT2D eigenvalue weighted by molar-refractivity contribution is -0.124. The van der Waals surface area contributed by atoms with Gasteiger partial charge in [-0.05, 0) is 25.2 Å². The molecule has 104 valence electrons. The zero-order valence-corrected chi connectivity index (χ0v) is 11.6. The van der Waals surface area contributed by atoms with E-state index in [-0.39, 0.29) is 18.1 Å². The zero-order chi connectivity index (χ0) is 13.0. The third-order valence-electron chi connectivity index (χ3n) is 4.43. The fourth-order valence-corrected chi connectivity index (χ4v) is 3.07. The third-order valence-corrected chi connectivity index (χ3v) is 4.43. The van der Waals surface area contributed by atoms with E-state index in [1.54, 1.807) is 7.11 Å². The van der Waals surface area contributed by atoms with E-state index in [0.29, 0.717) is 12.0 Å². The summed E-state index contributed by atoms with van der Waals surface area (Å²) in [5, 5.41) is 6.48. The molecule has 1 amide bonds. The molecule has 4 unspecified atom stereocenters. The number of carbonyl (C=O) groups is 1. The number of hydrogen-bond acceptors (Lipinski definition) is 3. The lowest BCUT2D eigenvalue weighted by Gasteiger charge is -2.24. The van der Waals surface area contributed by atoms with Crippen molar-refractivity contribution in [3.63, 3.8) is 0 Å². The van der Waals surface area contributed by atoms with Gasteiger partial charge in [-0.25, -0.2) is 0 Å². The Kier molecular flexibility index (Phi) is 5.01. The molecule has 18 heavy (non-hydrogen) atoms. The molecule has 1 aliphatic heterocycles. The minimum absolute atomic E-state index is 0.0644. The van der Waals surface area contributed by atoms with Crippen LogP contribution in [0, 0.1) is 5.92 Å². The summed E-state index contributed by atoms with van der Waals surface area (Å²) in [7, 11) is 1.71. The van der Waals surface area contributed by atoms with E-state index >= 15 is 0 Å². The van der Waals surface area contributed by atoms with Crippen LogP contribution in [-0.4, -0.2) is 37.7 Å². The van der Waals surface area contributed by atoms with Gasteiger partial charge in [-0.1, -0.05) is 26.2 Å². The molecule has 2 aliphatic rings. The van der Waals surface area contributed by atoms with Crippen molar-refractivity contribution in [2.45, 2.75) is 63.6 Å².